The Bertz CT molecular complexity index is 417. The molecule has 2 N–H and O–H groups in total. The molecule has 118 valence electrons. The molecule has 21 heavy (non-hydrogen) atoms. The summed E-state index contributed by atoms with van der Waals surface area (Å²) in [6, 6.07) is 0.540. The van der Waals surface area contributed by atoms with E-state index in [2.05, 4.69) is 17.1 Å². The van der Waals surface area contributed by atoms with E-state index in [0.29, 0.717) is 0 Å². The Morgan fingerprint density at radius 3 is 2.43 bits per heavy atom. The first-order valence-corrected chi connectivity index (χ1v) is 8.35. The number of nitrogens with zero attached hydrogens (tertiary/aromatic N) is 1. The Kier molecular flexibility index (Phi) is 3.95. The van der Waals surface area contributed by atoms with Gasteiger partial charge in [0.15, 0.2) is 0 Å². The third-order valence-electron chi connectivity index (χ3n) is 5.79. The van der Waals surface area contributed by atoms with E-state index in [1.165, 1.54) is 0 Å². The molecular formula is C16H26N2O3. The Morgan fingerprint density at radius 2 is 1.95 bits per heavy atom. The van der Waals surface area contributed by atoms with Crippen molar-refractivity contribution in [3.8, 4) is 0 Å². The lowest BCUT2D eigenvalue weighted by atomic mass is 9.85. The van der Waals surface area contributed by atoms with Gasteiger partial charge in [0.1, 0.15) is 0 Å². The van der Waals surface area contributed by atoms with Gasteiger partial charge in [-0.2, -0.15) is 0 Å². The van der Waals surface area contributed by atoms with E-state index in [0.717, 1.165) is 51.5 Å². The zero-order chi connectivity index (χ0) is 15.0. The maximum atomic E-state index is 13.1. The van der Waals surface area contributed by atoms with Crippen molar-refractivity contribution in [2.45, 2.75) is 75.9 Å². The zero-order valence-electron chi connectivity index (χ0n) is 12.8. The van der Waals surface area contributed by atoms with Crippen LogP contribution in [0.4, 0.5) is 0 Å². The number of carboxylic acids is 1. The van der Waals surface area contributed by atoms with Gasteiger partial charge in [0.05, 0.1) is 5.54 Å². The molecule has 3 unspecified atom stereocenters. The van der Waals surface area contributed by atoms with Crippen LogP contribution < -0.4 is 5.32 Å². The standard InChI is InChI=1S/C16H26N2O3/c1-2-16(6-3-7-17-16)15(21)18-12-4-5-13(18)9-11(8-12)10-14(19)20/h11-13,17H,2-10H2,1H3,(H,19,20). The third-order valence-corrected chi connectivity index (χ3v) is 5.79. The molecule has 0 radical (unpaired) electrons. The van der Waals surface area contributed by atoms with Crippen molar-refractivity contribution >= 4 is 11.9 Å². The highest BCUT2D eigenvalue weighted by Gasteiger charge is 2.50. The van der Waals surface area contributed by atoms with Gasteiger partial charge in [-0.3, -0.25) is 9.59 Å². The lowest BCUT2D eigenvalue weighted by molar-refractivity contribution is -0.144. The van der Waals surface area contributed by atoms with E-state index in [1.807, 2.05) is 0 Å². The van der Waals surface area contributed by atoms with Crippen LogP contribution >= 0.6 is 0 Å². The number of hydrogen-bond donors (Lipinski definition) is 2. The van der Waals surface area contributed by atoms with E-state index in [1.54, 1.807) is 0 Å². The second kappa shape index (κ2) is 5.59. The number of hydrogen-bond acceptors (Lipinski definition) is 3. The van der Waals surface area contributed by atoms with Gasteiger partial charge in [0, 0.05) is 18.5 Å². The molecule has 0 aromatic carbocycles. The van der Waals surface area contributed by atoms with E-state index in [9.17, 15) is 9.59 Å². The fourth-order valence-corrected chi connectivity index (χ4v) is 4.72. The predicted octanol–water partition coefficient (Wildman–Crippen LogP) is 1.76. The first kappa shape index (κ1) is 14.8. The van der Waals surface area contributed by atoms with Crippen molar-refractivity contribution in [1.82, 2.24) is 10.2 Å². The molecule has 2 bridgehead atoms. The largest absolute Gasteiger partial charge is 0.481 e. The van der Waals surface area contributed by atoms with Crippen LogP contribution in [-0.4, -0.2) is 46.1 Å². The fourth-order valence-electron chi connectivity index (χ4n) is 4.72. The second-order valence-corrected chi connectivity index (χ2v) is 7.00. The molecule has 1 amide bonds. The smallest absolute Gasteiger partial charge is 0.303 e. The minimum absolute atomic E-state index is 0.248. The van der Waals surface area contributed by atoms with Crippen molar-refractivity contribution in [1.29, 1.82) is 0 Å². The van der Waals surface area contributed by atoms with Crippen molar-refractivity contribution < 1.29 is 14.7 Å². The average molecular weight is 294 g/mol. The van der Waals surface area contributed by atoms with Crippen LogP contribution in [0.25, 0.3) is 0 Å². The molecule has 0 saturated carbocycles. The number of rotatable bonds is 4. The number of carbonyl (C=O) groups is 2. The molecule has 3 saturated heterocycles. The van der Waals surface area contributed by atoms with Crippen molar-refractivity contribution in [3.05, 3.63) is 0 Å². The summed E-state index contributed by atoms with van der Waals surface area (Å²) in [5, 5.41) is 12.4. The number of fused-ring (bicyclic) bond motifs is 2. The Hall–Kier alpha value is -1.10. The highest BCUT2D eigenvalue weighted by Crippen LogP contribution is 2.42. The molecule has 5 nitrogen and oxygen atoms in total. The van der Waals surface area contributed by atoms with Crippen molar-refractivity contribution in [3.63, 3.8) is 0 Å². The quantitative estimate of drug-likeness (QED) is 0.829. The molecule has 0 aromatic heterocycles. The van der Waals surface area contributed by atoms with Gasteiger partial charge in [-0.15, -0.1) is 0 Å². The van der Waals surface area contributed by atoms with Gasteiger partial charge < -0.3 is 15.3 Å². The summed E-state index contributed by atoms with van der Waals surface area (Å²) in [6.07, 6.45) is 6.95. The molecular weight excluding hydrogens is 268 g/mol. The highest BCUT2D eigenvalue weighted by atomic mass is 16.4. The summed E-state index contributed by atoms with van der Waals surface area (Å²) >= 11 is 0. The summed E-state index contributed by atoms with van der Waals surface area (Å²) in [7, 11) is 0. The van der Waals surface area contributed by atoms with Crippen LogP contribution in [0.5, 0.6) is 0 Å². The number of aliphatic carboxylic acids is 1. The fraction of sp³-hybridized carbons (Fsp3) is 0.875. The maximum absolute atomic E-state index is 13.1. The molecule has 0 aliphatic carbocycles. The topological polar surface area (TPSA) is 69.6 Å². The second-order valence-electron chi connectivity index (χ2n) is 7.00. The Morgan fingerprint density at radius 1 is 1.29 bits per heavy atom. The molecule has 5 heteroatoms. The molecule has 3 aliphatic heterocycles. The molecule has 3 fully saturated rings. The zero-order valence-corrected chi connectivity index (χ0v) is 12.8. The average Bonchev–Trinajstić information content (AvgIpc) is 3.02. The van der Waals surface area contributed by atoms with E-state index < -0.39 is 5.97 Å². The molecule has 3 rings (SSSR count). The number of carboxylic acid groups (broad SMARTS) is 1. The number of amides is 1. The minimum atomic E-state index is -0.707. The Labute approximate surface area is 126 Å². The van der Waals surface area contributed by atoms with Crippen molar-refractivity contribution in [2.24, 2.45) is 5.92 Å². The summed E-state index contributed by atoms with van der Waals surface area (Å²) in [5.41, 5.74) is -0.347. The summed E-state index contributed by atoms with van der Waals surface area (Å²) in [5.74, 6) is -0.177. The van der Waals surface area contributed by atoms with Crippen LogP contribution in [0.1, 0.15) is 58.3 Å². The lowest BCUT2D eigenvalue weighted by Crippen LogP contribution is -2.59. The summed E-state index contributed by atoms with van der Waals surface area (Å²) < 4.78 is 0. The van der Waals surface area contributed by atoms with E-state index in [4.69, 9.17) is 5.11 Å². The Balaban J connectivity index is 1.73. The monoisotopic (exact) mass is 294 g/mol. The van der Waals surface area contributed by atoms with Crippen LogP contribution in [0, 0.1) is 5.92 Å². The predicted molar refractivity (Wildman–Crippen MR) is 78.9 cm³/mol. The number of nitrogens with one attached hydrogen (secondary N) is 1. The lowest BCUT2D eigenvalue weighted by Gasteiger charge is -2.43. The van der Waals surface area contributed by atoms with Gasteiger partial charge in [-0.25, -0.2) is 0 Å². The molecule has 3 aliphatic rings. The maximum Gasteiger partial charge on any atom is 0.303 e. The minimum Gasteiger partial charge on any atom is -0.481 e. The van der Waals surface area contributed by atoms with Gasteiger partial charge >= 0.3 is 5.97 Å². The van der Waals surface area contributed by atoms with Crippen LogP contribution in [0.2, 0.25) is 0 Å². The van der Waals surface area contributed by atoms with Gasteiger partial charge in [0.2, 0.25) is 5.91 Å². The molecule has 3 heterocycles. The normalized spacial score (nSPS) is 38.7. The van der Waals surface area contributed by atoms with Crippen LogP contribution in [0.3, 0.4) is 0 Å². The molecule has 0 aromatic rings. The van der Waals surface area contributed by atoms with Gasteiger partial charge in [-0.1, -0.05) is 6.92 Å². The van der Waals surface area contributed by atoms with Gasteiger partial charge in [-0.05, 0) is 57.4 Å². The number of carbonyl (C=O) groups excluding carboxylic acids is 1. The van der Waals surface area contributed by atoms with Crippen LogP contribution in [-0.2, 0) is 9.59 Å². The highest BCUT2D eigenvalue weighted by molar-refractivity contribution is 5.87. The van der Waals surface area contributed by atoms with Gasteiger partial charge in [0.25, 0.3) is 0 Å². The number of piperidine rings is 1. The first-order valence-electron chi connectivity index (χ1n) is 8.35. The van der Waals surface area contributed by atoms with Crippen LogP contribution in [0.15, 0.2) is 0 Å². The van der Waals surface area contributed by atoms with Crippen molar-refractivity contribution in [2.75, 3.05) is 6.54 Å². The SMILES string of the molecule is CCC1(C(=O)N2C3CCC2CC(CC(=O)O)C3)CCCN1. The summed E-state index contributed by atoms with van der Waals surface area (Å²) in [6.45, 7) is 3.03. The molecule has 0 spiro atoms. The molecule has 3 atom stereocenters. The third kappa shape index (κ3) is 2.56. The summed E-state index contributed by atoms with van der Waals surface area (Å²) in [4.78, 5) is 26.1. The first-order chi connectivity index (χ1) is 10.1. The van der Waals surface area contributed by atoms with E-state index in [-0.39, 0.29) is 35.9 Å². The van der Waals surface area contributed by atoms with E-state index >= 15 is 0 Å².